The third-order valence-corrected chi connectivity index (χ3v) is 3.25. The lowest BCUT2D eigenvalue weighted by Gasteiger charge is -2.29. The van der Waals surface area contributed by atoms with E-state index in [0.717, 1.165) is 13.1 Å². The number of aliphatic hydroxyl groups is 1. The Hall–Kier alpha value is -0.290. The van der Waals surface area contributed by atoms with E-state index in [-0.39, 0.29) is 19.4 Å². The second kappa shape index (κ2) is 6.45. The van der Waals surface area contributed by atoms with E-state index in [1.54, 1.807) is 0 Å². The Morgan fingerprint density at radius 2 is 1.75 bits per heavy atom. The molecule has 0 heterocycles. The number of rotatable bonds is 5. The second-order valence-electron chi connectivity index (χ2n) is 4.54. The molecule has 0 radical (unpaired) electrons. The highest BCUT2D eigenvalue weighted by Gasteiger charge is 2.41. The van der Waals surface area contributed by atoms with Gasteiger partial charge in [0.15, 0.2) is 0 Å². The molecule has 0 unspecified atom stereocenters. The number of alkyl halides is 3. The SMILES string of the molecule is OCCCNCC1CCC(C(F)(F)F)CC1. The minimum absolute atomic E-state index is 0.161. The molecule has 2 N–H and O–H groups in total. The zero-order valence-electron chi connectivity index (χ0n) is 9.39. The first-order valence-electron chi connectivity index (χ1n) is 5.92. The zero-order valence-corrected chi connectivity index (χ0v) is 9.39. The molecule has 1 aliphatic rings. The summed E-state index contributed by atoms with van der Waals surface area (Å²) in [6.07, 6.45) is -1.43. The van der Waals surface area contributed by atoms with Crippen LogP contribution >= 0.6 is 0 Å². The molecule has 0 spiro atoms. The highest BCUT2D eigenvalue weighted by atomic mass is 19.4. The normalized spacial score (nSPS) is 27.0. The van der Waals surface area contributed by atoms with E-state index in [9.17, 15) is 13.2 Å². The lowest BCUT2D eigenvalue weighted by Crippen LogP contribution is -2.32. The molecule has 1 aliphatic carbocycles. The summed E-state index contributed by atoms with van der Waals surface area (Å²) in [7, 11) is 0. The maximum atomic E-state index is 12.4. The van der Waals surface area contributed by atoms with Gasteiger partial charge in [0.05, 0.1) is 5.92 Å². The summed E-state index contributed by atoms with van der Waals surface area (Å²) in [4.78, 5) is 0. The van der Waals surface area contributed by atoms with Gasteiger partial charge in [-0.05, 0) is 51.1 Å². The predicted molar refractivity (Wildman–Crippen MR) is 56.1 cm³/mol. The molecule has 0 aliphatic heterocycles. The van der Waals surface area contributed by atoms with Crippen molar-refractivity contribution >= 4 is 0 Å². The Balaban J connectivity index is 2.12. The molecule has 1 fully saturated rings. The van der Waals surface area contributed by atoms with Gasteiger partial charge in [0, 0.05) is 6.61 Å². The number of nitrogens with one attached hydrogen (secondary N) is 1. The van der Waals surface area contributed by atoms with Crippen molar-refractivity contribution in [3.8, 4) is 0 Å². The lowest BCUT2D eigenvalue weighted by atomic mass is 9.81. The summed E-state index contributed by atoms with van der Waals surface area (Å²) < 4.78 is 37.1. The van der Waals surface area contributed by atoms with Crippen molar-refractivity contribution < 1.29 is 18.3 Å². The van der Waals surface area contributed by atoms with Crippen molar-refractivity contribution in [3.05, 3.63) is 0 Å². The summed E-state index contributed by atoms with van der Waals surface area (Å²) in [5.41, 5.74) is 0. The summed E-state index contributed by atoms with van der Waals surface area (Å²) in [6.45, 7) is 1.69. The van der Waals surface area contributed by atoms with Gasteiger partial charge in [-0.15, -0.1) is 0 Å². The van der Waals surface area contributed by atoms with Crippen LogP contribution in [-0.4, -0.2) is 31.0 Å². The molecule has 0 atom stereocenters. The Labute approximate surface area is 94.2 Å². The van der Waals surface area contributed by atoms with Crippen LogP contribution in [0.3, 0.4) is 0 Å². The Morgan fingerprint density at radius 1 is 1.12 bits per heavy atom. The van der Waals surface area contributed by atoms with Gasteiger partial charge in [-0.2, -0.15) is 13.2 Å². The van der Waals surface area contributed by atoms with Crippen LogP contribution in [0.5, 0.6) is 0 Å². The van der Waals surface area contributed by atoms with E-state index in [1.807, 2.05) is 0 Å². The maximum absolute atomic E-state index is 12.4. The molecule has 0 amide bonds. The fraction of sp³-hybridized carbons (Fsp3) is 1.00. The van der Waals surface area contributed by atoms with E-state index >= 15 is 0 Å². The van der Waals surface area contributed by atoms with E-state index in [0.29, 0.717) is 25.2 Å². The van der Waals surface area contributed by atoms with Crippen LogP contribution in [0.2, 0.25) is 0 Å². The van der Waals surface area contributed by atoms with Gasteiger partial charge in [-0.3, -0.25) is 0 Å². The maximum Gasteiger partial charge on any atom is 0.391 e. The average molecular weight is 239 g/mol. The van der Waals surface area contributed by atoms with Crippen LogP contribution in [0, 0.1) is 11.8 Å². The molecule has 0 saturated heterocycles. The third kappa shape index (κ3) is 4.70. The van der Waals surface area contributed by atoms with Crippen LogP contribution in [0.1, 0.15) is 32.1 Å². The Morgan fingerprint density at radius 3 is 2.25 bits per heavy atom. The highest BCUT2D eigenvalue weighted by molar-refractivity contribution is 4.78. The molecule has 5 heteroatoms. The van der Waals surface area contributed by atoms with Gasteiger partial charge in [-0.1, -0.05) is 0 Å². The largest absolute Gasteiger partial charge is 0.396 e. The Kier molecular flexibility index (Phi) is 5.55. The fourth-order valence-electron chi connectivity index (χ4n) is 2.20. The molecular formula is C11H20F3NO. The first-order chi connectivity index (χ1) is 7.54. The van der Waals surface area contributed by atoms with Gasteiger partial charge in [0.2, 0.25) is 0 Å². The number of aliphatic hydroxyl groups excluding tert-OH is 1. The molecule has 1 saturated carbocycles. The van der Waals surface area contributed by atoms with Crippen molar-refractivity contribution in [2.75, 3.05) is 19.7 Å². The molecule has 2 nitrogen and oxygen atoms in total. The van der Waals surface area contributed by atoms with Crippen LogP contribution in [0.4, 0.5) is 13.2 Å². The monoisotopic (exact) mass is 239 g/mol. The van der Waals surface area contributed by atoms with Gasteiger partial charge in [0.25, 0.3) is 0 Å². The van der Waals surface area contributed by atoms with E-state index in [4.69, 9.17) is 5.11 Å². The van der Waals surface area contributed by atoms with Gasteiger partial charge < -0.3 is 10.4 Å². The summed E-state index contributed by atoms with van der Waals surface area (Å²) in [5, 5.41) is 11.7. The summed E-state index contributed by atoms with van der Waals surface area (Å²) in [5.74, 6) is -0.710. The van der Waals surface area contributed by atoms with Gasteiger partial charge in [-0.25, -0.2) is 0 Å². The molecular weight excluding hydrogens is 219 g/mol. The van der Waals surface area contributed by atoms with Crippen LogP contribution < -0.4 is 5.32 Å². The smallest absolute Gasteiger partial charge is 0.391 e. The molecule has 96 valence electrons. The number of hydrogen-bond acceptors (Lipinski definition) is 2. The zero-order chi connectivity index (χ0) is 12.0. The third-order valence-electron chi connectivity index (χ3n) is 3.25. The Bertz CT molecular complexity index is 188. The highest BCUT2D eigenvalue weighted by Crippen LogP contribution is 2.39. The summed E-state index contributed by atoms with van der Waals surface area (Å²) >= 11 is 0. The van der Waals surface area contributed by atoms with Crippen LogP contribution in [-0.2, 0) is 0 Å². The van der Waals surface area contributed by atoms with E-state index < -0.39 is 12.1 Å². The number of hydrogen-bond donors (Lipinski definition) is 2. The van der Waals surface area contributed by atoms with Gasteiger partial charge in [0.1, 0.15) is 0 Å². The average Bonchev–Trinajstić information content (AvgIpc) is 2.24. The topological polar surface area (TPSA) is 32.3 Å². The van der Waals surface area contributed by atoms with E-state index in [2.05, 4.69) is 5.32 Å². The van der Waals surface area contributed by atoms with Crippen molar-refractivity contribution in [2.45, 2.75) is 38.3 Å². The minimum atomic E-state index is -4.00. The molecule has 0 aromatic carbocycles. The molecule has 0 bridgehead atoms. The second-order valence-corrected chi connectivity index (χ2v) is 4.54. The summed E-state index contributed by atoms with van der Waals surface area (Å²) in [6, 6.07) is 0. The quantitative estimate of drug-likeness (QED) is 0.722. The molecule has 16 heavy (non-hydrogen) atoms. The van der Waals surface area contributed by atoms with Crippen molar-refractivity contribution in [3.63, 3.8) is 0 Å². The lowest BCUT2D eigenvalue weighted by molar-refractivity contribution is -0.183. The molecule has 0 aromatic rings. The van der Waals surface area contributed by atoms with Crippen LogP contribution in [0.15, 0.2) is 0 Å². The van der Waals surface area contributed by atoms with Crippen LogP contribution in [0.25, 0.3) is 0 Å². The van der Waals surface area contributed by atoms with Crippen molar-refractivity contribution in [1.29, 1.82) is 0 Å². The van der Waals surface area contributed by atoms with Gasteiger partial charge >= 0.3 is 6.18 Å². The standard InChI is InChI=1S/C11H20F3NO/c12-11(13,14)10-4-2-9(3-5-10)8-15-6-1-7-16/h9-10,15-16H,1-8H2. The van der Waals surface area contributed by atoms with E-state index in [1.165, 1.54) is 0 Å². The fourth-order valence-corrected chi connectivity index (χ4v) is 2.20. The predicted octanol–water partition coefficient (Wildman–Crippen LogP) is 2.33. The molecule has 1 rings (SSSR count). The van der Waals surface area contributed by atoms with Crippen molar-refractivity contribution in [2.24, 2.45) is 11.8 Å². The molecule has 0 aromatic heterocycles. The minimum Gasteiger partial charge on any atom is -0.396 e. The van der Waals surface area contributed by atoms with Crippen molar-refractivity contribution in [1.82, 2.24) is 5.32 Å². The number of halogens is 3. The first kappa shape index (κ1) is 13.8. The first-order valence-corrected chi connectivity index (χ1v) is 5.92.